The number of benzene rings is 2. The summed E-state index contributed by atoms with van der Waals surface area (Å²) in [5.74, 6) is -16.1. The Labute approximate surface area is 135 Å². The van der Waals surface area contributed by atoms with E-state index in [4.69, 9.17) is 4.65 Å². The zero-order valence-corrected chi connectivity index (χ0v) is 11.9. The third kappa shape index (κ3) is 2.74. The third-order valence-corrected chi connectivity index (χ3v) is 3.48. The van der Waals surface area contributed by atoms with Crippen LogP contribution in [-0.2, 0) is 11.3 Å². The van der Waals surface area contributed by atoms with E-state index in [9.17, 15) is 36.2 Å². The van der Waals surface area contributed by atoms with E-state index < -0.39 is 59.3 Å². The number of ether oxygens (including phenoxy) is 1. The smallest absolute Gasteiger partial charge is 0.423 e. The van der Waals surface area contributed by atoms with E-state index in [1.54, 1.807) is 0 Å². The molecule has 0 atom stereocenters. The van der Waals surface area contributed by atoms with Gasteiger partial charge in [-0.3, -0.25) is 0 Å². The Hall–Kier alpha value is -2.53. The second-order valence-electron chi connectivity index (χ2n) is 4.98. The van der Waals surface area contributed by atoms with Crippen LogP contribution in [0, 0.1) is 34.9 Å². The molecule has 0 saturated heterocycles. The van der Waals surface area contributed by atoms with Gasteiger partial charge in [-0.15, -0.1) is 0 Å². The second-order valence-corrected chi connectivity index (χ2v) is 4.98. The summed E-state index contributed by atoms with van der Waals surface area (Å²) in [5, 5.41) is 9.49. The van der Waals surface area contributed by atoms with Gasteiger partial charge in [0, 0.05) is 5.56 Å². The van der Waals surface area contributed by atoms with Crippen LogP contribution >= 0.6 is 0 Å². The highest BCUT2D eigenvalue weighted by Gasteiger charge is 2.33. The first-order valence-corrected chi connectivity index (χ1v) is 6.58. The Bertz CT molecular complexity index is 875. The highest BCUT2D eigenvalue weighted by molar-refractivity contribution is 6.61. The van der Waals surface area contributed by atoms with E-state index >= 15 is 0 Å². The van der Waals surface area contributed by atoms with Crippen molar-refractivity contribution >= 4 is 18.6 Å². The molecule has 0 amide bonds. The average molecular weight is 362 g/mol. The van der Waals surface area contributed by atoms with Gasteiger partial charge in [0.05, 0.1) is 12.2 Å². The molecular weight excluding hydrogens is 357 g/mol. The van der Waals surface area contributed by atoms with Gasteiger partial charge in [0.1, 0.15) is 5.82 Å². The Kier molecular flexibility index (Phi) is 4.21. The first-order chi connectivity index (χ1) is 11.7. The van der Waals surface area contributed by atoms with E-state index in [1.165, 1.54) is 0 Å². The normalized spacial score (nSPS) is 13.2. The molecule has 1 aliphatic heterocycles. The summed E-state index contributed by atoms with van der Waals surface area (Å²) >= 11 is 0. The van der Waals surface area contributed by atoms with Crippen LogP contribution in [0.2, 0.25) is 0 Å². The Morgan fingerprint density at radius 1 is 1.00 bits per heavy atom. The molecule has 130 valence electrons. The standard InChI is InChI=1S/C14H5BF6O4/c16-7-2-4(1-6-5(7)3-24-15(6)23)14(22)25-13-11(20)9(18)8(17)10(19)12(13)21/h1-2,23H,3H2. The van der Waals surface area contributed by atoms with Gasteiger partial charge in [0.15, 0.2) is 0 Å². The highest BCUT2D eigenvalue weighted by atomic mass is 19.2. The minimum Gasteiger partial charge on any atom is -0.423 e. The molecule has 0 saturated carbocycles. The lowest BCUT2D eigenvalue weighted by atomic mass is 9.78. The van der Waals surface area contributed by atoms with Crippen molar-refractivity contribution in [1.29, 1.82) is 0 Å². The van der Waals surface area contributed by atoms with Gasteiger partial charge in [-0.1, -0.05) is 0 Å². The molecule has 0 aromatic heterocycles. The lowest BCUT2D eigenvalue weighted by Crippen LogP contribution is -2.30. The number of esters is 1. The molecule has 3 rings (SSSR count). The van der Waals surface area contributed by atoms with Crippen LogP contribution in [0.15, 0.2) is 12.1 Å². The zero-order chi connectivity index (χ0) is 18.5. The van der Waals surface area contributed by atoms with Crippen molar-refractivity contribution in [2.45, 2.75) is 6.61 Å². The maximum Gasteiger partial charge on any atom is 0.491 e. The van der Waals surface area contributed by atoms with Gasteiger partial charge in [0.25, 0.3) is 0 Å². The number of hydrogen-bond donors (Lipinski definition) is 1. The number of carbonyl (C=O) groups excluding carboxylic acids is 1. The molecule has 0 bridgehead atoms. The summed E-state index contributed by atoms with van der Waals surface area (Å²) in [4.78, 5) is 11.9. The molecule has 25 heavy (non-hydrogen) atoms. The van der Waals surface area contributed by atoms with Crippen LogP contribution in [0.25, 0.3) is 0 Å². The Balaban J connectivity index is 2.00. The van der Waals surface area contributed by atoms with Gasteiger partial charge >= 0.3 is 13.1 Å². The fraction of sp³-hybridized carbons (Fsp3) is 0.0714. The van der Waals surface area contributed by atoms with Crippen molar-refractivity contribution in [3.05, 3.63) is 58.2 Å². The molecule has 0 aliphatic carbocycles. The number of halogens is 6. The van der Waals surface area contributed by atoms with Crippen molar-refractivity contribution in [2.75, 3.05) is 0 Å². The van der Waals surface area contributed by atoms with Gasteiger partial charge < -0.3 is 14.4 Å². The lowest BCUT2D eigenvalue weighted by Gasteiger charge is -2.10. The van der Waals surface area contributed by atoms with Crippen molar-refractivity contribution in [2.24, 2.45) is 0 Å². The lowest BCUT2D eigenvalue weighted by molar-refractivity contribution is 0.0715. The van der Waals surface area contributed by atoms with E-state index in [0.717, 1.165) is 6.07 Å². The van der Waals surface area contributed by atoms with Gasteiger partial charge in [0.2, 0.25) is 34.8 Å². The van der Waals surface area contributed by atoms with Crippen molar-refractivity contribution in [3.8, 4) is 5.75 Å². The fourth-order valence-corrected chi connectivity index (χ4v) is 2.23. The predicted octanol–water partition coefficient (Wildman–Crippen LogP) is 1.96. The number of rotatable bonds is 2. The monoisotopic (exact) mass is 362 g/mol. The van der Waals surface area contributed by atoms with Gasteiger partial charge in [-0.05, 0) is 17.6 Å². The highest BCUT2D eigenvalue weighted by Crippen LogP contribution is 2.30. The molecule has 0 radical (unpaired) electrons. The summed E-state index contributed by atoms with van der Waals surface area (Å²) in [7, 11) is -1.54. The molecule has 2 aromatic rings. The minimum atomic E-state index is -2.42. The van der Waals surface area contributed by atoms with Crippen LogP contribution in [-0.4, -0.2) is 18.1 Å². The summed E-state index contributed by atoms with van der Waals surface area (Å²) < 4.78 is 88.9. The molecule has 0 fully saturated rings. The van der Waals surface area contributed by atoms with Crippen molar-refractivity contribution in [3.63, 3.8) is 0 Å². The third-order valence-electron chi connectivity index (χ3n) is 3.48. The van der Waals surface area contributed by atoms with Crippen molar-refractivity contribution in [1.82, 2.24) is 0 Å². The first kappa shape index (κ1) is 17.3. The summed E-state index contributed by atoms with van der Waals surface area (Å²) in [6, 6.07) is 1.54. The Morgan fingerprint density at radius 3 is 2.16 bits per heavy atom. The van der Waals surface area contributed by atoms with Crippen LogP contribution in [0.5, 0.6) is 5.75 Å². The predicted molar refractivity (Wildman–Crippen MR) is 70.0 cm³/mol. The molecule has 1 aliphatic rings. The molecule has 4 nitrogen and oxygen atoms in total. The first-order valence-electron chi connectivity index (χ1n) is 6.58. The minimum absolute atomic E-state index is 0.0414. The SMILES string of the molecule is O=C(Oc1c(F)c(F)c(F)c(F)c1F)c1cc(F)c2c(c1)B(O)OC2. The topological polar surface area (TPSA) is 55.8 Å². The zero-order valence-electron chi connectivity index (χ0n) is 11.9. The van der Waals surface area contributed by atoms with E-state index in [-0.39, 0.29) is 17.6 Å². The average Bonchev–Trinajstić information content (AvgIpc) is 2.96. The maximum atomic E-state index is 13.8. The van der Waals surface area contributed by atoms with Crippen molar-refractivity contribution < 1.29 is 45.6 Å². The molecule has 0 spiro atoms. The molecule has 1 heterocycles. The molecule has 2 aromatic carbocycles. The Morgan fingerprint density at radius 2 is 1.56 bits per heavy atom. The van der Waals surface area contributed by atoms with E-state index in [2.05, 4.69) is 4.74 Å². The van der Waals surface area contributed by atoms with Crippen LogP contribution in [0.1, 0.15) is 15.9 Å². The van der Waals surface area contributed by atoms with E-state index in [1.807, 2.05) is 0 Å². The van der Waals surface area contributed by atoms with Gasteiger partial charge in [-0.2, -0.15) is 8.78 Å². The fourth-order valence-electron chi connectivity index (χ4n) is 2.23. The number of fused-ring (bicyclic) bond motifs is 1. The largest absolute Gasteiger partial charge is 0.491 e. The molecule has 1 N–H and O–H groups in total. The van der Waals surface area contributed by atoms with Gasteiger partial charge in [-0.25, -0.2) is 22.4 Å². The molecular formula is C14H5BF6O4. The second kappa shape index (κ2) is 6.08. The van der Waals surface area contributed by atoms with Crippen LogP contribution in [0.4, 0.5) is 26.3 Å². The van der Waals surface area contributed by atoms with E-state index in [0.29, 0.717) is 6.07 Å². The molecule has 0 unspecified atom stereocenters. The summed E-state index contributed by atoms with van der Waals surface area (Å²) in [5.41, 5.74) is -0.783. The number of hydrogen-bond acceptors (Lipinski definition) is 4. The summed E-state index contributed by atoms with van der Waals surface area (Å²) in [6.45, 7) is -0.269. The quantitative estimate of drug-likeness (QED) is 0.222. The number of carbonyl (C=O) groups is 1. The molecule has 11 heteroatoms. The summed E-state index contributed by atoms with van der Waals surface area (Å²) in [6.07, 6.45) is 0. The maximum absolute atomic E-state index is 13.8. The van der Waals surface area contributed by atoms with Crippen LogP contribution < -0.4 is 10.2 Å². The van der Waals surface area contributed by atoms with Crippen LogP contribution in [0.3, 0.4) is 0 Å².